The molecule has 6 heteroatoms. The predicted octanol–water partition coefficient (Wildman–Crippen LogP) is 4.74. The second-order valence-corrected chi connectivity index (χ2v) is 8.94. The van der Waals surface area contributed by atoms with Gasteiger partial charge in [-0.3, -0.25) is 9.59 Å². The van der Waals surface area contributed by atoms with Crippen molar-refractivity contribution in [3.63, 3.8) is 0 Å². The Bertz CT molecular complexity index is 491. The molecule has 0 rings (SSSR count). The molecular formula is C27H51N3O3. The van der Waals surface area contributed by atoms with Crippen molar-refractivity contribution in [3.05, 3.63) is 24.3 Å². The van der Waals surface area contributed by atoms with Gasteiger partial charge in [0.05, 0.1) is 6.10 Å². The maximum atomic E-state index is 11.9. The van der Waals surface area contributed by atoms with Crippen LogP contribution in [0.25, 0.3) is 0 Å². The summed E-state index contributed by atoms with van der Waals surface area (Å²) in [6, 6.07) is 0. The molecule has 0 aromatic rings. The summed E-state index contributed by atoms with van der Waals surface area (Å²) >= 11 is 0. The lowest BCUT2D eigenvalue weighted by molar-refractivity contribution is -0.117. The summed E-state index contributed by atoms with van der Waals surface area (Å²) in [6.07, 6.45) is 20.1. The van der Waals surface area contributed by atoms with E-state index in [0.717, 1.165) is 51.6 Å². The van der Waals surface area contributed by atoms with Crippen LogP contribution in [-0.2, 0) is 9.59 Å². The minimum absolute atomic E-state index is 0.0336. The summed E-state index contributed by atoms with van der Waals surface area (Å²) < 4.78 is 0. The molecule has 0 aromatic heterocycles. The molecule has 1 unspecified atom stereocenters. The van der Waals surface area contributed by atoms with Gasteiger partial charge in [0.1, 0.15) is 0 Å². The van der Waals surface area contributed by atoms with E-state index in [9.17, 15) is 14.7 Å². The second-order valence-electron chi connectivity index (χ2n) is 8.94. The van der Waals surface area contributed by atoms with E-state index in [1.54, 1.807) is 19.1 Å². The fraction of sp³-hybridized carbons (Fsp3) is 0.778. The summed E-state index contributed by atoms with van der Waals surface area (Å²) in [6.45, 7) is 9.61. The highest BCUT2D eigenvalue weighted by atomic mass is 16.3. The third kappa shape index (κ3) is 23.3. The average molecular weight is 466 g/mol. The lowest BCUT2D eigenvalue weighted by Gasteiger charge is -2.23. The summed E-state index contributed by atoms with van der Waals surface area (Å²) in [4.78, 5) is 25.9. The van der Waals surface area contributed by atoms with Crippen LogP contribution >= 0.6 is 0 Å². The van der Waals surface area contributed by atoms with Gasteiger partial charge in [-0.25, -0.2) is 0 Å². The third-order valence-corrected chi connectivity index (χ3v) is 5.41. The number of nitrogens with zero attached hydrogens (tertiary/aromatic N) is 1. The smallest absolute Gasteiger partial charge is 0.243 e. The van der Waals surface area contributed by atoms with Gasteiger partial charge in [-0.2, -0.15) is 0 Å². The second kappa shape index (κ2) is 23.5. The van der Waals surface area contributed by atoms with Gasteiger partial charge in [0, 0.05) is 19.6 Å². The SMILES string of the molecule is CCCCCC/C=C/C(=O)NCCCN(CCCNC(=O)/C=C/CCCCCC)CC(C)O. The van der Waals surface area contributed by atoms with Gasteiger partial charge in [0.15, 0.2) is 0 Å². The molecule has 192 valence electrons. The molecule has 0 fully saturated rings. The molecule has 2 amide bonds. The minimum atomic E-state index is -0.402. The number of unbranched alkanes of at least 4 members (excludes halogenated alkanes) is 8. The first-order valence-corrected chi connectivity index (χ1v) is 13.3. The maximum Gasteiger partial charge on any atom is 0.243 e. The number of amides is 2. The van der Waals surface area contributed by atoms with Crippen LogP contribution < -0.4 is 10.6 Å². The molecule has 0 spiro atoms. The van der Waals surface area contributed by atoms with Gasteiger partial charge in [0.25, 0.3) is 0 Å². The van der Waals surface area contributed by atoms with Crippen molar-refractivity contribution in [3.8, 4) is 0 Å². The summed E-state index contributed by atoms with van der Waals surface area (Å²) in [5.41, 5.74) is 0. The van der Waals surface area contributed by atoms with E-state index in [-0.39, 0.29) is 11.8 Å². The number of nitrogens with one attached hydrogen (secondary N) is 2. The van der Waals surface area contributed by atoms with Crippen molar-refractivity contribution in [1.29, 1.82) is 0 Å². The highest BCUT2D eigenvalue weighted by Crippen LogP contribution is 2.03. The largest absolute Gasteiger partial charge is 0.392 e. The topological polar surface area (TPSA) is 81.7 Å². The standard InChI is InChI=1S/C27H51N3O3/c1-4-6-8-10-12-14-18-26(32)28-20-16-22-30(24-25(3)31)23-17-21-29-27(33)19-15-13-11-9-7-5-2/h14-15,18-19,25,31H,4-13,16-17,20-24H2,1-3H3,(H,28,32)(H,29,33)/b18-14+,19-15+. The van der Waals surface area contributed by atoms with Gasteiger partial charge < -0.3 is 20.6 Å². The first kappa shape index (κ1) is 31.3. The lowest BCUT2D eigenvalue weighted by Crippen LogP contribution is -2.36. The molecule has 0 saturated heterocycles. The zero-order chi connectivity index (χ0) is 24.6. The van der Waals surface area contributed by atoms with Crippen LogP contribution in [0.4, 0.5) is 0 Å². The van der Waals surface area contributed by atoms with Crippen LogP contribution in [0, 0.1) is 0 Å². The Kier molecular flexibility index (Phi) is 22.3. The molecule has 0 heterocycles. The average Bonchev–Trinajstić information content (AvgIpc) is 2.78. The Morgan fingerprint density at radius 3 is 1.61 bits per heavy atom. The van der Waals surface area contributed by atoms with Gasteiger partial charge in [0.2, 0.25) is 11.8 Å². The van der Waals surface area contributed by atoms with E-state index in [1.165, 1.54) is 38.5 Å². The van der Waals surface area contributed by atoms with E-state index in [0.29, 0.717) is 19.6 Å². The van der Waals surface area contributed by atoms with Crippen molar-refractivity contribution in [2.24, 2.45) is 0 Å². The molecule has 0 aromatic carbocycles. The number of aliphatic hydroxyl groups is 1. The number of hydrogen-bond acceptors (Lipinski definition) is 4. The number of carbonyl (C=O) groups excluding carboxylic acids is 2. The fourth-order valence-corrected chi connectivity index (χ4v) is 3.57. The van der Waals surface area contributed by atoms with Crippen LogP contribution in [-0.4, -0.2) is 60.6 Å². The molecule has 0 aliphatic carbocycles. The summed E-state index contributed by atoms with van der Waals surface area (Å²) in [7, 11) is 0. The Hall–Kier alpha value is -1.66. The van der Waals surface area contributed by atoms with Crippen molar-refractivity contribution in [1.82, 2.24) is 15.5 Å². The van der Waals surface area contributed by atoms with Gasteiger partial charge in [-0.15, -0.1) is 0 Å². The van der Waals surface area contributed by atoms with Gasteiger partial charge >= 0.3 is 0 Å². The molecule has 0 bridgehead atoms. The van der Waals surface area contributed by atoms with E-state index < -0.39 is 6.10 Å². The predicted molar refractivity (Wildman–Crippen MR) is 139 cm³/mol. The molecule has 6 nitrogen and oxygen atoms in total. The van der Waals surface area contributed by atoms with Crippen molar-refractivity contribution in [2.75, 3.05) is 32.7 Å². The van der Waals surface area contributed by atoms with Crippen LogP contribution in [0.2, 0.25) is 0 Å². The molecular weight excluding hydrogens is 414 g/mol. The normalized spacial score (nSPS) is 12.6. The number of carbonyl (C=O) groups is 2. The zero-order valence-electron chi connectivity index (χ0n) is 21.6. The first-order valence-electron chi connectivity index (χ1n) is 13.3. The molecule has 0 aliphatic rings. The molecule has 33 heavy (non-hydrogen) atoms. The Morgan fingerprint density at radius 2 is 1.21 bits per heavy atom. The fourth-order valence-electron chi connectivity index (χ4n) is 3.57. The van der Waals surface area contributed by atoms with E-state index in [1.807, 2.05) is 12.2 Å². The highest BCUT2D eigenvalue weighted by Gasteiger charge is 2.08. The monoisotopic (exact) mass is 465 g/mol. The van der Waals surface area contributed by atoms with Crippen LogP contribution in [0.1, 0.15) is 97.8 Å². The third-order valence-electron chi connectivity index (χ3n) is 5.41. The Labute approximate surface area is 203 Å². The van der Waals surface area contributed by atoms with E-state index >= 15 is 0 Å². The highest BCUT2D eigenvalue weighted by molar-refractivity contribution is 5.87. The number of rotatable bonds is 22. The van der Waals surface area contributed by atoms with Crippen molar-refractivity contribution < 1.29 is 14.7 Å². The van der Waals surface area contributed by atoms with E-state index in [2.05, 4.69) is 29.4 Å². The zero-order valence-corrected chi connectivity index (χ0v) is 21.6. The quantitative estimate of drug-likeness (QED) is 0.159. The number of hydrogen-bond donors (Lipinski definition) is 3. The van der Waals surface area contributed by atoms with Crippen LogP contribution in [0.5, 0.6) is 0 Å². The van der Waals surface area contributed by atoms with Gasteiger partial charge in [-0.05, 0) is 70.7 Å². The number of allylic oxidation sites excluding steroid dienone is 2. The Balaban J connectivity index is 3.96. The van der Waals surface area contributed by atoms with Crippen molar-refractivity contribution in [2.45, 2.75) is 104 Å². The summed E-state index contributed by atoms with van der Waals surface area (Å²) in [5, 5.41) is 15.6. The van der Waals surface area contributed by atoms with Crippen LogP contribution in [0.3, 0.4) is 0 Å². The number of aliphatic hydroxyl groups excluding tert-OH is 1. The minimum Gasteiger partial charge on any atom is -0.392 e. The van der Waals surface area contributed by atoms with Crippen molar-refractivity contribution >= 4 is 11.8 Å². The van der Waals surface area contributed by atoms with E-state index in [4.69, 9.17) is 0 Å². The molecule has 1 atom stereocenters. The maximum absolute atomic E-state index is 11.9. The van der Waals surface area contributed by atoms with Gasteiger partial charge in [-0.1, -0.05) is 64.5 Å². The Morgan fingerprint density at radius 1 is 0.758 bits per heavy atom. The molecule has 3 N–H and O–H groups in total. The molecule has 0 radical (unpaired) electrons. The molecule has 0 saturated carbocycles. The van der Waals surface area contributed by atoms with Crippen LogP contribution in [0.15, 0.2) is 24.3 Å². The summed E-state index contributed by atoms with van der Waals surface area (Å²) in [5.74, 6) is -0.0672. The lowest BCUT2D eigenvalue weighted by atomic mass is 10.1. The first-order chi connectivity index (χ1) is 16.0. The molecule has 0 aliphatic heterocycles.